The van der Waals surface area contributed by atoms with Crippen LogP contribution in [0.15, 0.2) is 18.2 Å². The molecule has 5 nitrogen and oxygen atoms in total. The summed E-state index contributed by atoms with van der Waals surface area (Å²) in [6.07, 6.45) is 3.28. The van der Waals surface area contributed by atoms with Crippen molar-refractivity contribution in [1.82, 2.24) is 10.6 Å². The van der Waals surface area contributed by atoms with Crippen molar-refractivity contribution in [1.29, 1.82) is 0 Å². The summed E-state index contributed by atoms with van der Waals surface area (Å²) in [5, 5.41) is 6.48. The lowest BCUT2D eigenvalue weighted by atomic mass is 9.90. The van der Waals surface area contributed by atoms with Crippen molar-refractivity contribution in [3.63, 3.8) is 0 Å². The molecule has 1 aliphatic heterocycles. The number of fused-ring (bicyclic) bond motifs is 1. The summed E-state index contributed by atoms with van der Waals surface area (Å²) < 4.78 is 11.0. The van der Waals surface area contributed by atoms with Gasteiger partial charge in [0.25, 0.3) is 5.91 Å². The quantitative estimate of drug-likeness (QED) is 0.880. The Balaban J connectivity index is 0.00000192. The molecule has 1 aromatic carbocycles. The van der Waals surface area contributed by atoms with Gasteiger partial charge in [-0.2, -0.15) is 0 Å². The molecule has 1 aliphatic carbocycles. The van der Waals surface area contributed by atoms with Gasteiger partial charge in [0.1, 0.15) is 11.4 Å². The lowest BCUT2D eigenvalue weighted by Crippen LogP contribution is -2.54. The van der Waals surface area contributed by atoms with Gasteiger partial charge in [0.2, 0.25) is 0 Å². The van der Waals surface area contributed by atoms with Crippen molar-refractivity contribution in [3.8, 4) is 5.75 Å². The Morgan fingerprint density at radius 2 is 2.04 bits per heavy atom. The summed E-state index contributed by atoms with van der Waals surface area (Å²) in [5.41, 5.74) is 1.70. The van der Waals surface area contributed by atoms with E-state index in [1.54, 1.807) is 14.2 Å². The van der Waals surface area contributed by atoms with Gasteiger partial charge in [-0.25, -0.2) is 0 Å². The molecule has 1 fully saturated rings. The molecule has 2 aliphatic rings. The average Bonchev–Trinajstić information content (AvgIpc) is 2.98. The zero-order chi connectivity index (χ0) is 15.6. The molecule has 1 heterocycles. The molecule has 6 heteroatoms. The standard InChI is InChI=1S/C17H24N2O3.ClH/c1-21-15-5-3-4-12-13(15)6-7-14(12)19-16(20)17(22-2)8-10-18-11-9-17;/h3-5,14,18H,6-11H2,1-2H3,(H,19,20);1H. The zero-order valence-corrected chi connectivity index (χ0v) is 14.5. The normalized spacial score (nSPS) is 21.9. The van der Waals surface area contributed by atoms with Gasteiger partial charge in [0.05, 0.1) is 13.2 Å². The minimum absolute atomic E-state index is 0. The second-order valence-corrected chi connectivity index (χ2v) is 6.04. The maximum absolute atomic E-state index is 12.8. The van der Waals surface area contributed by atoms with E-state index in [9.17, 15) is 4.79 Å². The van der Waals surface area contributed by atoms with E-state index in [1.165, 1.54) is 11.1 Å². The Morgan fingerprint density at radius 3 is 2.70 bits per heavy atom. The van der Waals surface area contributed by atoms with E-state index in [4.69, 9.17) is 9.47 Å². The average molecular weight is 341 g/mol. The van der Waals surface area contributed by atoms with E-state index in [0.717, 1.165) is 31.7 Å². The Hall–Kier alpha value is -1.30. The van der Waals surface area contributed by atoms with Gasteiger partial charge < -0.3 is 20.1 Å². The molecule has 2 N–H and O–H groups in total. The van der Waals surface area contributed by atoms with Gasteiger partial charge in [-0.1, -0.05) is 12.1 Å². The summed E-state index contributed by atoms with van der Waals surface area (Å²) in [6.45, 7) is 1.63. The second-order valence-electron chi connectivity index (χ2n) is 6.04. The van der Waals surface area contributed by atoms with Crippen molar-refractivity contribution in [2.75, 3.05) is 27.3 Å². The number of piperidine rings is 1. The molecule has 23 heavy (non-hydrogen) atoms. The maximum Gasteiger partial charge on any atom is 0.252 e. The van der Waals surface area contributed by atoms with Gasteiger partial charge in [-0.3, -0.25) is 4.79 Å². The van der Waals surface area contributed by atoms with Crippen molar-refractivity contribution in [3.05, 3.63) is 29.3 Å². The van der Waals surface area contributed by atoms with Crippen molar-refractivity contribution >= 4 is 18.3 Å². The van der Waals surface area contributed by atoms with Crippen LogP contribution in [-0.2, 0) is 16.0 Å². The summed E-state index contributed by atoms with van der Waals surface area (Å²) in [6, 6.07) is 6.10. The van der Waals surface area contributed by atoms with Crippen molar-refractivity contribution < 1.29 is 14.3 Å². The van der Waals surface area contributed by atoms with Crippen LogP contribution in [-0.4, -0.2) is 38.8 Å². The van der Waals surface area contributed by atoms with Crippen LogP contribution in [0.25, 0.3) is 0 Å². The first-order valence-electron chi connectivity index (χ1n) is 7.93. The molecule has 1 saturated heterocycles. The lowest BCUT2D eigenvalue weighted by molar-refractivity contribution is -0.147. The van der Waals surface area contributed by atoms with Gasteiger partial charge in [-0.15, -0.1) is 12.4 Å². The molecular weight excluding hydrogens is 316 g/mol. The summed E-state index contributed by atoms with van der Waals surface area (Å²) in [7, 11) is 3.33. The largest absolute Gasteiger partial charge is 0.496 e. The summed E-state index contributed by atoms with van der Waals surface area (Å²) in [5.74, 6) is 0.926. The number of ether oxygens (including phenoxy) is 2. The number of hydrogen-bond donors (Lipinski definition) is 2. The lowest BCUT2D eigenvalue weighted by Gasteiger charge is -2.35. The van der Waals surface area contributed by atoms with Crippen LogP contribution in [0.3, 0.4) is 0 Å². The van der Waals surface area contributed by atoms with E-state index >= 15 is 0 Å². The topological polar surface area (TPSA) is 59.6 Å². The Morgan fingerprint density at radius 1 is 1.30 bits per heavy atom. The molecule has 0 radical (unpaired) electrons. The molecule has 1 atom stereocenters. The first-order chi connectivity index (χ1) is 10.7. The predicted octanol–water partition coefficient (Wildman–Crippen LogP) is 1.99. The number of carbonyl (C=O) groups is 1. The first-order valence-corrected chi connectivity index (χ1v) is 7.93. The first kappa shape index (κ1) is 18.0. The van der Waals surface area contributed by atoms with Crippen molar-refractivity contribution in [2.45, 2.75) is 37.3 Å². The summed E-state index contributed by atoms with van der Waals surface area (Å²) in [4.78, 5) is 12.8. The van der Waals surface area contributed by atoms with E-state index in [0.29, 0.717) is 12.8 Å². The van der Waals surface area contributed by atoms with E-state index in [2.05, 4.69) is 16.7 Å². The monoisotopic (exact) mass is 340 g/mol. The van der Waals surface area contributed by atoms with Crippen LogP contribution in [0.4, 0.5) is 0 Å². The number of carbonyl (C=O) groups excluding carboxylic acids is 1. The van der Waals surface area contributed by atoms with Crippen LogP contribution in [0.2, 0.25) is 0 Å². The molecule has 3 rings (SSSR count). The third-order valence-electron chi connectivity index (χ3n) is 4.97. The molecule has 128 valence electrons. The van der Waals surface area contributed by atoms with Gasteiger partial charge in [0, 0.05) is 7.11 Å². The molecule has 0 aromatic heterocycles. The number of rotatable bonds is 4. The smallest absolute Gasteiger partial charge is 0.252 e. The van der Waals surface area contributed by atoms with Crippen LogP contribution in [0.1, 0.15) is 36.4 Å². The Kier molecular flexibility index (Phi) is 5.89. The number of benzene rings is 1. The third kappa shape index (κ3) is 3.32. The van der Waals surface area contributed by atoms with E-state index in [1.807, 2.05) is 12.1 Å². The van der Waals surface area contributed by atoms with Gasteiger partial charge in [-0.05, 0) is 56.0 Å². The van der Waals surface area contributed by atoms with Gasteiger partial charge >= 0.3 is 0 Å². The fourth-order valence-electron chi connectivity index (χ4n) is 3.61. The number of nitrogens with one attached hydrogen (secondary N) is 2. The van der Waals surface area contributed by atoms with Crippen LogP contribution in [0, 0.1) is 0 Å². The predicted molar refractivity (Wildman–Crippen MR) is 91.3 cm³/mol. The Labute approximate surface area is 143 Å². The minimum atomic E-state index is -0.688. The van der Waals surface area contributed by atoms with E-state index in [-0.39, 0.29) is 24.4 Å². The molecule has 1 aromatic rings. The number of amides is 1. The van der Waals surface area contributed by atoms with Crippen molar-refractivity contribution in [2.24, 2.45) is 0 Å². The third-order valence-corrected chi connectivity index (χ3v) is 4.97. The second kappa shape index (κ2) is 7.51. The highest BCUT2D eigenvalue weighted by atomic mass is 35.5. The highest BCUT2D eigenvalue weighted by Gasteiger charge is 2.41. The zero-order valence-electron chi connectivity index (χ0n) is 13.7. The summed E-state index contributed by atoms with van der Waals surface area (Å²) >= 11 is 0. The number of halogens is 1. The minimum Gasteiger partial charge on any atom is -0.496 e. The molecule has 1 unspecified atom stereocenters. The number of methoxy groups -OCH3 is 2. The highest BCUT2D eigenvalue weighted by Crippen LogP contribution is 2.37. The number of hydrogen-bond acceptors (Lipinski definition) is 4. The molecule has 0 bridgehead atoms. The van der Waals surface area contributed by atoms with Crippen LogP contribution in [0.5, 0.6) is 5.75 Å². The fourth-order valence-corrected chi connectivity index (χ4v) is 3.61. The highest BCUT2D eigenvalue weighted by molar-refractivity contribution is 5.86. The Bertz CT molecular complexity index is 559. The van der Waals surface area contributed by atoms with E-state index < -0.39 is 5.60 Å². The fraction of sp³-hybridized carbons (Fsp3) is 0.588. The molecule has 1 amide bonds. The SMILES string of the molecule is COc1cccc2c1CCC2NC(=O)C1(OC)CCNCC1.Cl. The van der Waals surface area contributed by atoms with Crippen LogP contribution >= 0.6 is 12.4 Å². The molecule has 0 spiro atoms. The van der Waals surface area contributed by atoms with Gasteiger partial charge in [0.15, 0.2) is 0 Å². The maximum atomic E-state index is 12.8. The molecule has 0 saturated carbocycles. The molecular formula is C17H25ClN2O3. The van der Waals surface area contributed by atoms with Crippen LogP contribution < -0.4 is 15.4 Å².